The molecule has 2 aliphatic heterocycles. The number of nitrogens with zero attached hydrogens (tertiary/aromatic N) is 4. The second-order valence-corrected chi connectivity index (χ2v) is 13.9. The van der Waals surface area contributed by atoms with Crippen molar-refractivity contribution in [3.05, 3.63) is 99.0 Å². The molecule has 0 spiro atoms. The van der Waals surface area contributed by atoms with Gasteiger partial charge in [-0.15, -0.1) is 0 Å². The Bertz CT molecular complexity index is 1630. The molecule has 2 aliphatic rings. The van der Waals surface area contributed by atoms with Gasteiger partial charge in [-0.25, -0.2) is 12.7 Å². The zero-order chi connectivity index (χ0) is 33.1. The molecule has 0 bridgehead atoms. The van der Waals surface area contributed by atoms with Crippen LogP contribution in [0.3, 0.4) is 0 Å². The van der Waals surface area contributed by atoms with Crippen molar-refractivity contribution in [2.75, 3.05) is 58.2 Å². The van der Waals surface area contributed by atoms with Crippen LogP contribution in [0.25, 0.3) is 0 Å². The molecule has 3 aromatic carbocycles. The Labute approximate surface area is 277 Å². The second-order valence-electron chi connectivity index (χ2n) is 11.1. The number of ether oxygens (including phenoxy) is 1. The Morgan fingerprint density at radius 2 is 1.46 bits per heavy atom. The van der Waals surface area contributed by atoms with Crippen LogP contribution in [0, 0.1) is 0 Å². The fourth-order valence-electron chi connectivity index (χ4n) is 5.79. The lowest BCUT2D eigenvalue weighted by atomic mass is 9.95. The van der Waals surface area contributed by atoms with Crippen LogP contribution in [-0.2, 0) is 16.2 Å². The van der Waals surface area contributed by atoms with Crippen LogP contribution in [0.2, 0.25) is 10.0 Å². The number of β-amino-alcohol motifs (C(OH)–C–C–N with tert-alkyl or cyclic N) is 1. The van der Waals surface area contributed by atoms with Gasteiger partial charge in [0.2, 0.25) is 10.0 Å². The number of hydrogen-bond acceptors (Lipinski definition) is 7. The summed E-state index contributed by atoms with van der Waals surface area (Å²) >= 11 is 12.4. The highest BCUT2D eigenvalue weighted by Crippen LogP contribution is 2.47. The Morgan fingerprint density at radius 1 is 0.891 bits per heavy atom. The van der Waals surface area contributed by atoms with Crippen LogP contribution < -0.4 is 4.74 Å². The summed E-state index contributed by atoms with van der Waals surface area (Å²) in [7, 11) is -4.14. The lowest BCUT2D eigenvalue weighted by molar-refractivity contribution is -0.137. The van der Waals surface area contributed by atoms with Gasteiger partial charge in [-0.3, -0.25) is 14.8 Å². The summed E-state index contributed by atoms with van der Waals surface area (Å²) in [5, 5.41) is 10.2. The number of halogens is 5. The van der Waals surface area contributed by atoms with Crippen molar-refractivity contribution < 1.29 is 31.4 Å². The minimum absolute atomic E-state index is 0.00941. The zero-order valence-electron chi connectivity index (χ0n) is 25.1. The highest BCUT2D eigenvalue weighted by atomic mass is 35.5. The maximum Gasteiger partial charge on any atom is 0.416 e. The number of aliphatic hydroxyl groups is 1. The minimum atomic E-state index is -4.63. The van der Waals surface area contributed by atoms with E-state index < -0.39 is 33.8 Å². The van der Waals surface area contributed by atoms with E-state index in [1.165, 1.54) is 10.4 Å². The molecule has 1 N–H and O–H groups in total. The molecule has 2 atom stereocenters. The van der Waals surface area contributed by atoms with E-state index in [-0.39, 0.29) is 42.7 Å². The number of aliphatic imine (C=N–C) groups is 1. The first-order valence-corrected chi connectivity index (χ1v) is 17.3. The Kier molecular flexibility index (Phi) is 10.9. The molecule has 46 heavy (non-hydrogen) atoms. The Hall–Kier alpha value is -2.87. The van der Waals surface area contributed by atoms with Crippen LogP contribution in [0.15, 0.2) is 71.7 Å². The maximum absolute atomic E-state index is 14.5. The SMILES string of the molecule is CCOc1cc(C(F)(F)F)ccc1C1=NC(c2ccc(Cl)cc2)C(c2ccc(Cl)cc2)N1S(=O)(=O)CCN1CCN(CCO)CC1. The summed E-state index contributed by atoms with van der Waals surface area (Å²) < 4.78 is 77.1. The highest BCUT2D eigenvalue weighted by molar-refractivity contribution is 7.89. The average Bonchev–Trinajstić information content (AvgIpc) is 3.43. The number of alkyl halides is 3. The number of benzene rings is 3. The molecule has 5 rings (SSSR count). The van der Waals surface area contributed by atoms with Gasteiger partial charge in [0.25, 0.3) is 0 Å². The molecule has 2 unspecified atom stereocenters. The van der Waals surface area contributed by atoms with Crippen LogP contribution in [0.4, 0.5) is 13.2 Å². The van der Waals surface area contributed by atoms with Crippen LogP contribution in [0.5, 0.6) is 5.75 Å². The summed E-state index contributed by atoms with van der Waals surface area (Å²) in [4.78, 5) is 9.09. The van der Waals surface area contributed by atoms with Gasteiger partial charge in [-0.1, -0.05) is 47.5 Å². The van der Waals surface area contributed by atoms with E-state index in [4.69, 9.17) is 32.9 Å². The molecule has 0 aliphatic carbocycles. The molecule has 0 radical (unpaired) electrons. The van der Waals surface area contributed by atoms with Crippen molar-refractivity contribution in [1.82, 2.24) is 14.1 Å². The van der Waals surface area contributed by atoms with Crippen molar-refractivity contribution in [2.45, 2.75) is 25.2 Å². The highest BCUT2D eigenvalue weighted by Gasteiger charge is 2.46. The van der Waals surface area contributed by atoms with Crippen molar-refractivity contribution in [3.63, 3.8) is 0 Å². The van der Waals surface area contributed by atoms with Gasteiger partial charge in [0.15, 0.2) is 0 Å². The Balaban J connectivity index is 1.61. The third-order valence-corrected chi connectivity index (χ3v) is 10.3. The van der Waals surface area contributed by atoms with Crippen molar-refractivity contribution in [1.29, 1.82) is 0 Å². The predicted octanol–water partition coefficient (Wildman–Crippen LogP) is 5.90. The summed E-state index contributed by atoms with van der Waals surface area (Å²) in [5.41, 5.74) is 0.488. The molecule has 3 aromatic rings. The third kappa shape index (κ3) is 7.80. The van der Waals surface area contributed by atoms with E-state index in [0.717, 1.165) is 12.1 Å². The zero-order valence-corrected chi connectivity index (χ0v) is 27.5. The van der Waals surface area contributed by atoms with Gasteiger partial charge >= 0.3 is 6.18 Å². The molecular formula is C32H35Cl2F3N4O4S. The lowest BCUT2D eigenvalue weighted by Crippen LogP contribution is -2.49. The molecule has 2 heterocycles. The minimum Gasteiger partial charge on any atom is -0.493 e. The summed E-state index contributed by atoms with van der Waals surface area (Å²) in [6.45, 7) is 5.22. The van der Waals surface area contributed by atoms with Crippen LogP contribution >= 0.6 is 23.2 Å². The summed E-state index contributed by atoms with van der Waals surface area (Å²) in [6.07, 6.45) is -4.63. The lowest BCUT2D eigenvalue weighted by Gasteiger charge is -2.35. The molecule has 0 amide bonds. The van der Waals surface area contributed by atoms with Crippen molar-refractivity contribution in [3.8, 4) is 5.75 Å². The van der Waals surface area contributed by atoms with E-state index in [9.17, 15) is 26.7 Å². The van der Waals surface area contributed by atoms with Gasteiger partial charge in [0.1, 0.15) is 17.6 Å². The van der Waals surface area contributed by atoms with Crippen LogP contribution in [-0.4, -0.2) is 91.7 Å². The van der Waals surface area contributed by atoms with E-state index in [0.29, 0.717) is 53.9 Å². The predicted molar refractivity (Wildman–Crippen MR) is 173 cm³/mol. The maximum atomic E-state index is 14.5. The first kappa shape index (κ1) is 34.5. The molecular weight excluding hydrogens is 664 g/mol. The van der Waals surface area contributed by atoms with E-state index in [1.54, 1.807) is 55.5 Å². The third-order valence-electron chi connectivity index (χ3n) is 8.14. The first-order chi connectivity index (χ1) is 21.9. The first-order valence-electron chi connectivity index (χ1n) is 14.9. The average molecular weight is 700 g/mol. The topological polar surface area (TPSA) is 85.7 Å². The molecule has 8 nitrogen and oxygen atoms in total. The van der Waals surface area contributed by atoms with Crippen molar-refractivity contribution >= 4 is 39.1 Å². The number of hydrogen-bond donors (Lipinski definition) is 1. The number of piperazine rings is 1. The smallest absolute Gasteiger partial charge is 0.416 e. The largest absolute Gasteiger partial charge is 0.493 e. The summed E-state index contributed by atoms with van der Waals surface area (Å²) in [6, 6.07) is 15.0. The molecule has 1 fully saturated rings. The number of rotatable bonds is 11. The van der Waals surface area contributed by atoms with Gasteiger partial charge in [0.05, 0.1) is 36.1 Å². The number of aliphatic hydroxyl groups excluding tert-OH is 1. The fraction of sp³-hybridized carbons (Fsp3) is 0.406. The van der Waals surface area contributed by atoms with Crippen LogP contribution in [0.1, 0.15) is 41.3 Å². The normalized spacial score (nSPS) is 19.8. The number of sulfonamides is 1. The van der Waals surface area contributed by atoms with Crippen molar-refractivity contribution in [2.24, 2.45) is 4.99 Å². The second kappa shape index (κ2) is 14.5. The van der Waals surface area contributed by atoms with Gasteiger partial charge < -0.3 is 9.84 Å². The van der Waals surface area contributed by atoms with E-state index >= 15 is 0 Å². The quantitative estimate of drug-likeness (QED) is 0.269. The molecule has 0 saturated carbocycles. The van der Waals surface area contributed by atoms with E-state index in [2.05, 4.69) is 9.80 Å². The molecule has 14 heteroatoms. The molecule has 0 aromatic heterocycles. The van der Waals surface area contributed by atoms with E-state index in [1.807, 2.05) is 0 Å². The summed E-state index contributed by atoms with van der Waals surface area (Å²) in [5.74, 6) is -0.388. The monoisotopic (exact) mass is 698 g/mol. The standard InChI is InChI=1S/C32H35Cl2F3N4O4S/c1-2-45-28-21-24(32(35,36)37)7-12-27(28)31-38-29(22-3-8-25(33)9-4-22)30(23-5-10-26(34)11-6-23)41(31)46(43,44)20-18-40-15-13-39(14-16-40)17-19-42/h3-12,21,29-30,42H,2,13-20H2,1H3. The van der Waals surface area contributed by atoms with Gasteiger partial charge in [0, 0.05) is 49.3 Å². The van der Waals surface area contributed by atoms with Gasteiger partial charge in [-0.2, -0.15) is 13.2 Å². The molecule has 248 valence electrons. The fourth-order valence-corrected chi connectivity index (χ4v) is 7.72. The van der Waals surface area contributed by atoms with Gasteiger partial charge in [-0.05, 0) is 60.5 Å². The molecule has 1 saturated heterocycles. The number of amidine groups is 1. The Morgan fingerprint density at radius 3 is 2.00 bits per heavy atom.